The van der Waals surface area contributed by atoms with Crippen LogP contribution in [0.5, 0.6) is 0 Å². The third kappa shape index (κ3) is 3.61. The molecule has 1 heterocycles. The van der Waals surface area contributed by atoms with E-state index in [9.17, 15) is 26.7 Å². The van der Waals surface area contributed by atoms with Crippen molar-refractivity contribution in [3.8, 4) is 0 Å². The molecule has 4 rings (SSSR count). The highest BCUT2D eigenvalue weighted by molar-refractivity contribution is 5.89. The van der Waals surface area contributed by atoms with Crippen LogP contribution in [0.4, 0.5) is 38.1 Å². The van der Waals surface area contributed by atoms with E-state index in [1.807, 2.05) is 4.90 Å². The van der Waals surface area contributed by atoms with E-state index in [0.717, 1.165) is 18.2 Å². The number of hydrogen-bond acceptors (Lipinski definition) is 2. The van der Waals surface area contributed by atoms with Gasteiger partial charge >= 0.3 is 12.2 Å². The monoisotopic (exact) mass is 397 g/mol. The van der Waals surface area contributed by atoms with Gasteiger partial charge in [-0.05, 0) is 36.4 Å². The Hall–Kier alpha value is -2.84. The van der Waals surface area contributed by atoms with E-state index >= 15 is 0 Å². The van der Waals surface area contributed by atoms with Crippen LogP contribution in [0.3, 0.4) is 0 Å². The van der Waals surface area contributed by atoms with Crippen molar-refractivity contribution in [3.05, 3.63) is 59.7 Å². The molecule has 0 bridgehead atoms. The Morgan fingerprint density at radius 3 is 2.21 bits per heavy atom. The minimum Gasteiger partial charge on any atom is -0.368 e. The summed E-state index contributed by atoms with van der Waals surface area (Å²) in [7, 11) is 0. The molecule has 1 saturated carbocycles. The highest BCUT2D eigenvalue weighted by atomic mass is 19.4. The number of benzene rings is 2. The second kappa shape index (κ2) is 6.65. The number of halogens is 5. The summed E-state index contributed by atoms with van der Waals surface area (Å²) in [6.07, 6.45) is -4.43. The lowest BCUT2D eigenvalue weighted by Crippen LogP contribution is -2.37. The number of rotatable bonds is 3. The summed E-state index contributed by atoms with van der Waals surface area (Å²) >= 11 is 0. The first-order valence-electron chi connectivity index (χ1n) is 8.67. The number of carbonyl (C=O) groups excluding carboxylic acids is 1. The number of piperidine rings is 1. The highest BCUT2D eigenvalue weighted by Gasteiger charge is 2.56. The Kier molecular flexibility index (Phi) is 4.40. The molecular formula is C19H16F5N3O. The Labute approximate surface area is 157 Å². The Bertz CT molecular complexity index is 887. The van der Waals surface area contributed by atoms with Crippen molar-refractivity contribution in [2.24, 2.45) is 11.8 Å². The molecule has 2 aromatic rings. The van der Waals surface area contributed by atoms with Crippen LogP contribution in [0, 0.1) is 23.5 Å². The second-order valence-electron chi connectivity index (χ2n) is 7.03. The summed E-state index contributed by atoms with van der Waals surface area (Å²) < 4.78 is 64.5. The first kappa shape index (κ1) is 18.5. The largest absolute Gasteiger partial charge is 0.416 e. The zero-order chi connectivity index (χ0) is 20.1. The first-order valence-corrected chi connectivity index (χ1v) is 8.67. The SMILES string of the molecule is O=C(Nc1ccc(C(F)(F)F)cc1)N[C@H]1[C@@H]2CN(c3ccc(F)cc3F)C[C@@H]21. The number of nitrogens with one attached hydrogen (secondary N) is 2. The molecule has 148 valence electrons. The van der Waals surface area contributed by atoms with Crippen LogP contribution >= 0.6 is 0 Å². The van der Waals surface area contributed by atoms with Crippen molar-refractivity contribution in [3.63, 3.8) is 0 Å². The molecule has 0 aromatic heterocycles. The first-order chi connectivity index (χ1) is 13.2. The molecule has 2 N–H and O–H groups in total. The fraction of sp³-hybridized carbons (Fsp3) is 0.316. The number of amides is 2. The molecule has 2 fully saturated rings. The van der Waals surface area contributed by atoms with Gasteiger partial charge in [0.25, 0.3) is 0 Å². The molecule has 1 saturated heterocycles. The van der Waals surface area contributed by atoms with E-state index in [4.69, 9.17) is 0 Å². The van der Waals surface area contributed by atoms with Gasteiger partial charge in [0.2, 0.25) is 0 Å². The van der Waals surface area contributed by atoms with E-state index < -0.39 is 29.4 Å². The molecule has 9 heteroatoms. The fourth-order valence-corrected chi connectivity index (χ4v) is 3.74. The summed E-state index contributed by atoms with van der Waals surface area (Å²) in [4.78, 5) is 13.9. The van der Waals surface area contributed by atoms with Gasteiger partial charge in [-0.15, -0.1) is 0 Å². The molecule has 3 atom stereocenters. The number of urea groups is 1. The van der Waals surface area contributed by atoms with Crippen LogP contribution in [-0.4, -0.2) is 25.2 Å². The van der Waals surface area contributed by atoms with Crippen molar-refractivity contribution >= 4 is 17.4 Å². The molecular weight excluding hydrogens is 381 g/mol. The predicted molar refractivity (Wildman–Crippen MR) is 92.9 cm³/mol. The minimum atomic E-state index is -4.43. The number of anilines is 2. The van der Waals surface area contributed by atoms with Gasteiger partial charge in [-0.2, -0.15) is 13.2 Å². The van der Waals surface area contributed by atoms with Crippen LogP contribution in [0.2, 0.25) is 0 Å². The van der Waals surface area contributed by atoms with Gasteiger partial charge in [-0.25, -0.2) is 13.6 Å². The third-order valence-electron chi connectivity index (χ3n) is 5.21. The molecule has 1 aliphatic carbocycles. The van der Waals surface area contributed by atoms with Gasteiger partial charge in [0.1, 0.15) is 11.6 Å². The van der Waals surface area contributed by atoms with Crippen LogP contribution in [-0.2, 0) is 6.18 Å². The number of carbonyl (C=O) groups is 1. The van der Waals surface area contributed by atoms with Gasteiger partial charge in [0.15, 0.2) is 0 Å². The normalized spacial score (nSPS) is 23.3. The Morgan fingerprint density at radius 2 is 1.64 bits per heavy atom. The minimum absolute atomic E-state index is 0.0748. The summed E-state index contributed by atoms with van der Waals surface area (Å²) in [5.41, 5.74) is -0.198. The predicted octanol–water partition coefficient (Wildman–Crippen LogP) is 4.24. The van der Waals surface area contributed by atoms with E-state index in [1.54, 1.807) is 0 Å². The second-order valence-corrected chi connectivity index (χ2v) is 7.03. The molecule has 0 spiro atoms. The third-order valence-corrected chi connectivity index (χ3v) is 5.21. The molecule has 4 nitrogen and oxygen atoms in total. The average molecular weight is 397 g/mol. The van der Waals surface area contributed by atoms with Crippen LogP contribution in [0.1, 0.15) is 5.56 Å². The fourth-order valence-electron chi connectivity index (χ4n) is 3.74. The maximum Gasteiger partial charge on any atom is 0.416 e. The Morgan fingerprint density at radius 1 is 1.00 bits per heavy atom. The van der Waals surface area contributed by atoms with E-state index in [2.05, 4.69) is 10.6 Å². The zero-order valence-electron chi connectivity index (χ0n) is 14.4. The van der Waals surface area contributed by atoms with Gasteiger partial charge in [-0.3, -0.25) is 0 Å². The smallest absolute Gasteiger partial charge is 0.368 e. The van der Waals surface area contributed by atoms with Crippen molar-refractivity contribution in [2.45, 2.75) is 12.2 Å². The van der Waals surface area contributed by atoms with E-state index in [0.29, 0.717) is 18.8 Å². The van der Waals surface area contributed by atoms with Gasteiger partial charge in [0, 0.05) is 42.7 Å². The molecule has 0 unspecified atom stereocenters. The van der Waals surface area contributed by atoms with Crippen LogP contribution in [0.25, 0.3) is 0 Å². The maximum atomic E-state index is 13.9. The lowest BCUT2D eigenvalue weighted by Gasteiger charge is -2.23. The summed E-state index contributed by atoms with van der Waals surface area (Å²) in [5.74, 6) is -0.943. The van der Waals surface area contributed by atoms with Crippen LogP contribution < -0.4 is 15.5 Å². The highest BCUT2D eigenvalue weighted by Crippen LogP contribution is 2.47. The van der Waals surface area contributed by atoms with E-state index in [1.165, 1.54) is 24.3 Å². The average Bonchev–Trinajstić information content (AvgIpc) is 3.05. The van der Waals surface area contributed by atoms with Crippen molar-refractivity contribution in [2.75, 3.05) is 23.3 Å². The summed E-state index contributed by atoms with van der Waals surface area (Å²) in [5, 5.41) is 5.30. The maximum absolute atomic E-state index is 13.9. The lowest BCUT2D eigenvalue weighted by molar-refractivity contribution is -0.137. The summed E-state index contributed by atoms with van der Waals surface area (Å²) in [6, 6.07) is 7.04. The van der Waals surface area contributed by atoms with Crippen molar-refractivity contribution in [1.82, 2.24) is 5.32 Å². The van der Waals surface area contributed by atoms with Gasteiger partial charge in [-0.1, -0.05) is 0 Å². The topological polar surface area (TPSA) is 44.4 Å². The van der Waals surface area contributed by atoms with Crippen molar-refractivity contribution < 1.29 is 26.7 Å². The van der Waals surface area contributed by atoms with Crippen LogP contribution in [0.15, 0.2) is 42.5 Å². The molecule has 2 aromatic carbocycles. The number of nitrogens with zero attached hydrogens (tertiary/aromatic N) is 1. The van der Waals surface area contributed by atoms with Gasteiger partial charge < -0.3 is 15.5 Å². The Balaban J connectivity index is 1.29. The van der Waals surface area contributed by atoms with E-state index in [-0.39, 0.29) is 23.6 Å². The molecule has 2 aliphatic rings. The standard InChI is InChI=1S/C19H16F5N3O/c20-11-3-6-16(15(21)7-11)27-8-13-14(9-27)17(13)26-18(28)25-12-4-1-10(2-5-12)19(22,23)24/h1-7,13-14,17H,8-9H2,(H2,25,26,28)/t13-,14+,17+. The molecule has 1 aliphatic heterocycles. The number of hydrogen-bond donors (Lipinski definition) is 2. The quantitative estimate of drug-likeness (QED) is 0.761. The summed E-state index contributed by atoms with van der Waals surface area (Å²) in [6.45, 7) is 1.08. The van der Waals surface area contributed by atoms with Crippen molar-refractivity contribution in [1.29, 1.82) is 0 Å². The molecule has 2 amide bonds. The molecule has 28 heavy (non-hydrogen) atoms. The number of alkyl halides is 3. The lowest BCUT2D eigenvalue weighted by atomic mass is 10.2. The molecule has 0 radical (unpaired) electrons. The van der Waals surface area contributed by atoms with Gasteiger partial charge in [0.05, 0.1) is 11.3 Å². The number of fused-ring (bicyclic) bond motifs is 1. The zero-order valence-corrected chi connectivity index (χ0v) is 14.4.